The number of amides is 1. The van der Waals surface area contributed by atoms with Crippen LogP contribution in [0.2, 0.25) is 0 Å². The van der Waals surface area contributed by atoms with Crippen LogP contribution in [0.5, 0.6) is 0 Å². The number of halogens is 1. The molecule has 1 aliphatic carbocycles. The molecule has 0 saturated heterocycles. The number of rotatable bonds is 5. The minimum absolute atomic E-state index is 0.00710. The summed E-state index contributed by atoms with van der Waals surface area (Å²) in [7, 11) is 1.65. The maximum absolute atomic E-state index is 12.3. The quantitative estimate of drug-likeness (QED) is 0.877. The fourth-order valence-corrected chi connectivity index (χ4v) is 2.54. The van der Waals surface area contributed by atoms with Gasteiger partial charge in [-0.3, -0.25) is 10.1 Å². The van der Waals surface area contributed by atoms with Crippen LogP contribution in [0.25, 0.3) is 11.2 Å². The number of aromatic amines is 1. The standard InChI is InChI=1S/C13H15BrN4O2/c1-20-5-4-13(2-3-13)11(19)18-12-16-9-6-8(14)7-15-10(9)17-12/h6-7H,2-5H2,1H3,(H2,15,16,17,18,19). The van der Waals surface area contributed by atoms with Gasteiger partial charge in [0.25, 0.3) is 0 Å². The number of nitrogens with zero attached hydrogens (tertiary/aromatic N) is 2. The van der Waals surface area contributed by atoms with E-state index in [0.717, 1.165) is 29.3 Å². The molecule has 2 aromatic heterocycles. The van der Waals surface area contributed by atoms with Gasteiger partial charge >= 0.3 is 0 Å². The van der Waals surface area contributed by atoms with Gasteiger partial charge in [0.05, 0.1) is 10.9 Å². The van der Waals surface area contributed by atoms with Crippen molar-refractivity contribution in [1.82, 2.24) is 15.0 Å². The molecule has 0 atom stereocenters. The van der Waals surface area contributed by atoms with Gasteiger partial charge in [-0.15, -0.1) is 0 Å². The zero-order valence-corrected chi connectivity index (χ0v) is 12.7. The number of carbonyl (C=O) groups excluding carboxylic acids is 1. The van der Waals surface area contributed by atoms with Gasteiger partial charge in [0.2, 0.25) is 11.9 Å². The molecule has 0 unspecified atom stereocenters. The van der Waals surface area contributed by atoms with Crippen LogP contribution >= 0.6 is 15.9 Å². The lowest BCUT2D eigenvalue weighted by molar-refractivity contribution is -0.121. The van der Waals surface area contributed by atoms with Gasteiger partial charge in [0, 0.05) is 24.4 Å². The average Bonchev–Trinajstić information content (AvgIpc) is 3.11. The maximum Gasteiger partial charge on any atom is 0.232 e. The molecule has 0 aliphatic heterocycles. The van der Waals surface area contributed by atoms with Crippen LogP contribution in [0.4, 0.5) is 5.95 Å². The lowest BCUT2D eigenvalue weighted by atomic mass is 10.0. The largest absolute Gasteiger partial charge is 0.385 e. The van der Waals surface area contributed by atoms with Crippen LogP contribution in [0.1, 0.15) is 19.3 Å². The smallest absolute Gasteiger partial charge is 0.232 e. The summed E-state index contributed by atoms with van der Waals surface area (Å²) in [6.07, 6.45) is 4.24. The number of carbonyl (C=O) groups is 1. The Morgan fingerprint density at radius 1 is 1.60 bits per heavy atom. The number of fused-ring (bicyclic) bond motifs is 1. The molecule has 1 aliphatic rings. The van der Waals surface area contributed by atoms with E-state index < -0.39 is 0 Å². The number of aromatic nitrogens is 3. The van der Waals surface area contributed by atoms with E-state index in [0.29, 0.717) is 18.2 Å². The van der Waals surface area contributed by atoms with Gasteiger partial charge in [0.1, 0.15) is 0 Å². The summed E-state index contributed by atoms with van der Waals surface area (Å²) >= 11 is 3.35. The minimum atomic E-state index is -0.275. The summed E-state index contributed by atoms with van der Waals surface area (Å²) in [5.41, 5.74) is 1.10. The van der Waals surface area contributed by atoms with E-state index in [1.165, 1.54) is 0 Å². The molecule has 1 saturated carbocycles. The Morgan fingerprint density at radius 3 is 3.10 bits per heavy atom. The number of anilines is 1. The third kappa shape index (κ3) is 2.55. The molecular formula is C13H15BrN4O2. The van der Waals surface area contributed by atoms with Gasteiger partial charge in [-0.25, -0.2) is 4.98 Å². The van der Waals surface area contributed by atoms with E-state index in [1.54, 1.807) is 13.3 Å². The van der Waals surface area contributed by atoms with E-state index in [-0.39, 0.29) is 11.3 Å². The van der Waals surface area contributed by atoms with E-state index >= 15 is 0 Å². The number of hydrogen-bond donors (Lipinski definition) is 2. The highest BCUT2D eigenvalue weighted by Crippen LogP contribution is 2.49. The van der Waals surface area contributed by atoms with Crippen molar-refractivity contribution in [2.75, 3.05) is 19.0 Å². The molecule has 0 bridgehead atoms. The number of pyridine rings is 1. The van der Waals surface area contributed by atoms with Crippen LogP contribution in [0.15, 0.2) is 16.7 Å². The Kier molecular flexibility index (Phi) is 3.47. The molecule has 3 rings (SSSR count). The lowest BCUT2D eigenvalue weighted by Crippen LogP contribution is -2.25. The predicted molar refractivity (Wildman–Crippen MR) is 78.4 cm³/mol. The molecule has 0 radical (unpaired) electrons. The number of hydrogen-bond acceptors (Lipinski definition) is 4. The Hall–Kier alpha value is -1.47. The Labute approximate surface area is 124 Å². The first-order valence-corrected chi connectivity index (χ1v) is 7.24. The second-order valence-electron chi connectivity index (χ2n) is 5.09. The number of H-pyrrole nitrogens is 1. The molecular weight excluding hydrogens is 324 g/mol. The summed E-state index contributed by atoms with van der Waals surface area (Å²) in [5, 5.41) is 2.85. The van der Waals surface area contributed by atoms with Crippen molar-refractivity contribution in [2.45, 2.75) is 19.3 Å². The van der Waals surface area contributed by atoms with Crippen molar-refractivity contribution in [3.8, 4) is 0 Å². The normalized spacial score (nSPS) is 16.3. The van der Waals surface area contributed by atoms with Crippen LogP contribution in [-0.4, -0.2) is 34.6 Å². The minimum Gasteiger partial charge on any atom is -0.385 e. The summed E-state index contributed by atoms with van der Waals surface area (Å²) in [6, 6.07) is 1.88. The second-order valence-corrected chi connectivity index (χ2v) is 6.00. The van der Waals surface area contributed by atoms with Gasteiger partial charge in [-0.1, -0.05) is 0 Å². The molecule has 20 heavy (non-hydrogen) atoms. The van der Waals surface area contributed by atoms with Crippen molar-refractivity contribution in [3.05, 3.63) is 16.7 Å². The molecule has 0 spiro atoms. The second kappa shape index (κ2) is 5.14. The average molecular weight is 339 g/mol. The fraction of sp³-hybridized carbons (Fsp3) is 0.462. The van der Waals surface area contributed by atoms with E-state index in [4.69, 9.17) is 4.74 Å². The first kappa shape index (κ1) is 13.5. The summed E-state index contributed by atoms with van der Waals surface area (Å²) < 4.78 is 5.93. The highest BCUT2D eigenvalue weighted by Gasteiger charge is 2.49. The first-order chi connectivity index (χ1) is 9.63. The molecule has 2 aromatic rings. The van der Waals surface area contributed by atoms with E-state index in [2.05, 4.69) is 36.2 Å². The van der Waals surface area contributed by atoms with Crippen molar-refractivity contribution >= 4 is 38.9 Å². The third-order valence-electron chi connectivity index (χ3n) is 3.66. The highest BCUT2D eigenvalue weighted by molar-refractivity contribution is 9.10. The Balaban J connectivity index is 1.74. The van der Waals surface area contributed by atoms with Crippen molar-refractivity contribution in [1.29, 1.82) is 0 Å². The number of nitrogens with one attached hydrogen (secondary N) is 2. The van der Waals surface area contributed by atoms with Gasteiger partial charge < -0.3 is 9.72 Å². The topological polar surface area (TPSA) is 79.9 Å². The SMILES string of the molecule is COCCC1(C(=O)Nc2nc3ncc(Br)cc3[nH]2)CC1. The fourth-order valence-electron chi connectivity index (χ4n) is 2.21. The van der Waals surface area contributed by atoms with Gasteiger partial charge in [-0.2, -0.15) is 4.98 Å². The Morgan fingerprint density at radius 2 is 2.40 bits per heavy atom. The van der Waals surface area contributed by atoms with Crippen LogP contribution in [0.3, 0.4) is 0 Å². The number of ether oxygens (including phenoxy) is 1. The molecule has 1 fully saturated rings. The third-order valence-corrected chi connectivity index (χ3v) is 4.09. The van der Waals surface area contributed by atoms with Crippen molar-refractivity contribution in [2.24, 2.45) is 5.41 Å². The highest BCUT2D eigenvalue weighted by atomic mass is 79.9. The first-order valence-electron chi connectivity index (χ1n) is 6.45. The van der Waals surface area contributed by atoms with Crippen molar-refractivity contribution < 1.29 is 9.53 Å². The zero-order chi connectivity index (χ0) is 14.2. The Bertz CT molecular complexity index is 651. The molecule has 6 nitrogen and oxygen atoms in total. The van der Waals surface area contributed by atoms with E-state index in [9.17, 15) is 4.79 Å². The molecule has 1 amide bonds. The summed E-state index contributed by atoms with van der Waals surface area (Å²) in [5.74, 6) is 0.451. The molecule has 2 heterocycles. The predicted octanol–water partition coefficient (Wildman–Crippen LogP) is 2.48. The summed E-state index contributed by atoms with van der Waals surface area (Å²) in [6.45, 7) is 0.599. The zero-order valence-electron chi connectivity index (χ0n) is 11.1. The van der Waals surface area contributed by atoms with Crippen LogP contribution in [-0.2, 0) is 9.53 Å². The van der Waals surface area contributed by atoms with Crippen LogP contribution in [0, 0.1) is 5.41 Å². The number of methoxy groups -OCH3 is 1. The van der Waals surface area contributed by atoms with Crippen molar-refractivity contribution in [3.63, 3.8) is 0 Å². The molecule has 7 heteroatoms. The van der Waals surface area contributed by atoms with E-state index in [1.807, 2.05) is 6.07 Å². The summed E-state index contributed by atoms with van der Waals surface area (Å²) in [4.78, 5) is 23.8. The molecule has 106 valence electrons. The maximum atomic E-state index is 12.3. The van der Waals surface area contributed by atoms with Gasteiger partial charge in [-0.05, 0) is 41.3 Å². The monoisotopic (exact) mass is 338 g/mol. The molecule has 2 N–H and O–H groups in total. The van der Waals surface area contributed by atoms with Crippen LogP contribution < -0.4 is 5.32 Å². The molecule has 0 aromatic carbocycles. The lowest BCUT2D eigenvalue weighted by Gasteiger charge is -2.12. The number of imidazole rings is 1. The van der Waals surface area contributed by atoms with Gasteiger partial charge in [0.15, 0.2) is 5.65 Å².